The summed E-state index contributed by atoms with van der Waals surface area (Å²) >= 11 is 1.41. The third-order valence-electron chi connectivity index (χ3n) is 5.11. The molecule has 0 aliphatic heterocycles. The minimum absolute atomic E-state index is 0.344. The van der Waals surface area contributed by atoms with E-state index in [0.29, 0.717) is 33.4 Å². The molecule has 4 aromatic heterocycles. The van der Waals surface area contributed by atoms with Crippen molar-refractivity contribution in [1.82, 2.24) is 33.5 Å². The van der Waals surface area contributed by atoms with Crippen molar-refractivity contribution in [3.63, 3.8) is 0 Å². The maximum atomic E-state index is 12.9. The maximum Gasteiger partial charge on any atom is 0.332 e. The Labute approximate surface area is 183 Å². The second-order valence-corrected chi connectivity index (χ2v) is 9.70. The molecule has 0 aliphatic carbocycles. The van der Waals surface area contributed by atoms with Gasteiger partial charge < -0.3 is 0 Å². The fourth-order valence-corrected chi connectivity index (χ4v) is 4.30. The lowest BCUT2D eigenvalue weighted by Gasteiger charge is -2.19. The van der Waals surface area contributed by atoms with Gasteiger partial charge in [0.2, 0.25) is 5.78 Å². The molecule has 0 aliphatic rings. The minimum Gasteiger partial charge on any atom is -0.288 e. The Kier molecular flexibility index (Phi) is 5.00. The van der Waals surface area contributed by atoms with Gasteiger partial charge in [0.25, 0.3) is 5.56 Å². The van der Waals surface area contributed by atoms with E-state index in [1.54, 1.807) is 7.05 Å². The fraction of sp³-hybridized carbons (Fsp3) is 0.429. The van der Waals surface area contributed by atoms with Crippen molar-refractivity contribution >= 4 is 28.6 Å². The highest BCUT2D eigenvalue weighted by atomic mass is 32.2. The van der Waals surface area contributed by atoms with Gasteiger partial charge in [-0.25, -0.2) is 24.7 Å². The largest absolute Gasteiger partial charge is 0.332 e. The van der Waals surface area contributed by atoms with Gasteiger partial charge >= 0.3 is 5.69 Å². The quantitative estimate of drug-likeness (QED) is 0.357. The maximum absolute atomic E-state index is 12.9. The molecule has 0 saturated carbocycles. The molecule has 0 spiro atoms. The van der Waals surface area contributed by atoms with Crippen LogP contribution in [0.3, 0.4) is 0 Å². The summed E-state index contributed by atoms with van der Waals surface area (Å²) in [5, 5.41) is 0.889. The van der Waals surface area contributed by atoms with Crippen LogP contribution in [-0.2, 0) is 25.3 Å². The number of hydrogen-bond donors (Lipinski definition) is 0. The van der Waals surface area contributed by atoms with E-state index >= 15 is 0 Å². The molecule has 4 rings (SSSR count). The predicted octanol–water partition coefficient (Wildman–Crippen LogP) is 2.28. The van der Waals surface area contributed by atoms with Crippen LogP contribution in [0.4, 0.5) is 0 Å². The summed E-state index contributed by atoms with van der Waals surface area (Å²) in [4.78, 5) is 43.8. The molecule has 0 radical (unpaired) electrons. The number of fused-ring (bicyclic) bond motifs is 2. The van der Waals surface area contributed by atoms with E-state index in [2.05, 4.69) is 15.0 Å². The van der Waals surface area contributed by atoms with E-state index in [1.807, 2.05) is 51.3 Å². The first-order chi connectivity index (χ1) is 14.5. The summed E-state index contributed by atoms with van der Waals surface area (Å²) < 4.78 is 4.44. The highest BCUT2D eigenvalue weighted by Crippen LogP contribution is 2.29. The number of hydrogen-bond acceptors (Lipinski definition) is 7. The first-order valence-corrected chi connectivity index (χ1v) is 10.9. The van der Waals surface area contributed by atoms with Gasteiger partial charge in [0.1, 0.15) is 16.2 Å². The Morgan fingerprint density at radius 1 is 1.00 bits per heavy atom. The summed E-state index contributed by atoms with van der Waals surface area (Å²) in [6.07, 6.45) is 1.95. The molecule has 0 bridgehead atoms. The van der Waals surface area contributed by atoms with Crippen LogP contribution in [0, 0.1) is 13.8 Å². The molecule has 9 nitrogen and oxygen atoms in total. The number of imidazole rings is 1. The molecule has 0 fully saturated rings. The minimum atomic E-state index is -0.413. The molecular formula is C21H25N7O2S. The highest BCUT2D eigenvalue weighted by Gasteiger charge is 2.23. The van der Waals surface area contributed by atoms with Crippen LogP contribution in [0.25, 0.3) is 16.8 Å². The van der Waals surface area contributed by atoms with Gasteiger partial charge in [-0.05, 0) is 19.9 Å². The Hall–Kier alpha value is -3.01. The summed E-state index contributed by atoms with van der Waals surface area (Å²) in [7, 11) is 3.09. The van der Waals surface area contributed by atoms with Crippen LogP contribution < -0.4 is 11.2 Å². The standard InChI is InChI=1S/C21H25N7O2S/c1-11-8-12(2)28-9-13(23-19(28)22-11)10-31-16-14-15(24-18(25-16)21(3,4)5)26(6)20(30)27(7)17(14)29/h8-9H,10H2,1-7H3. The topological polar surface area (TPSA) is 100.0 Å². The van der Waals surface area contributed by atoms with Crippen molar-refractivity contribution in [2.75, 3.05) is 0 Å². The molecule has 0 atom stereocenters. The van der Waals surface area contributed by atoms with E-state index in [9.17, 15) is 9.59 Å². The Morgan fingerprint density at radius 2 is 1.71 bits per heavy atom. The normalized spacial score (nSPS) is 12.2. The first kappa shape index (κ1) is 21.2. The van der Waals surface area contributed by atoms with Crippen LogP contribution in [0.2, 0.25) is 0 Å². The molecule has 0 N–H and O–H groups in total. The van der Waals surface area contributed by atoms with Crippen LogP contribution in [0.1, 0.15) is 43.7 Å². The lowest BCUT2D eigenvalue weighted by Crippen LogP contribution is -2.38. The summed E-state index contributed by atoms with van der Waals surface area (Å²) in [5.41, 5.74) is 1.99. The third-order valence-corrected chi connectivity index (χ3v) is 6.11. The van der Waals surface area contributed by atoms with Gasteiger partial charge in [-0.3, -0.25) is 18.3 Å². The van der Waals surface area contributed by atoms with Crippen LogP contribution in [-0.4, -0.2) is 33.5 Å². The second-order valence-electron chi connectivity index (χ2n) is 8.74. The SMILES string of the molecule is Cc1cc(C)n2cc(CSc3nc(C(C)(C)C)nc4c3c(=O)n(C)c(=O)n4C)nc2n1. The van der Waals surface area contributed by atoms with Crippen molar-refractivity contribution < 1.29 is 0 Å². The second kappa shape index (κ2) is 7.30. The van der Waals surface area contributed by atoms with Crippen molar-refractivity contribution in [2.24, 2.45) is 14.1 Å². The molecule has 0 unspecified atom stereocenters. The van der Waals surface area contributed by atoms with Crippen molar-refractivity contribution in [3.05, 3.63) is 56.0 Å². The van der Waals surface area contributed by atoms with Gasteiger partial charge in [-0.15, -0.1) is 0 Å². The zero-order chi connectivity index (χ0) is 22.7. The lowest BCUT2D eigenvalue weighted by molar-refractivity contribution is 0.539. The van der Waals surface area contributed by atoms with Crippen molar-refractivity contribution in [2.45, 2.75) is 50.8 Å². The molecule has 0 amide bonds. The molecule has 0 aromatic carbocycles. The molecular weight excluding hydrogens is 414 g/mol. The smallest absolute Gasteiger partial charge is 0.288 e. The average Bonchev–Trinajstić information content (AvgIpc) is 3.11. The Bertz CT molecular complexity index is 1460. The average molecular weight is 440 g/mol. The summed E-state index contributed by atoms with van der Waals surface area (Å²) in [5.74, 6) is 1.73. The number of rotatable bonds is 3. The number of aromatic nitrogens is 7. The van der Waals surface area contributed by atoms with Crippen LogP contribution >= 0.6 is 11.8 Å². The molecule has 4 aromatic rings. The third kappa shape index (κ3) is 3.65. The van der Waals surface area contributed by atoms with Gasteiger partial charge in [-0.2, -0.15) is 0 Å². The van der Waals surface area contributed by atoms with Crippen molar-refractivity contribution in [3.8, 4) is 0 Å². The fourth-order valence-electron chi connectivity index (χ4n) is 3.40. The van der Waals surface area contributed by atoms with E-state index in [-0.39, 0.29) is 5.41 Å². The number of thioether (sulfide) groups is 1. The van der Waals surface area contributed by atoms with E-state index in [1.165, 1.54) is 23.4 Å². The van der Waals surface area contributed by atoms with Gasteiger partial charge in [0, 0.05) is 42.8 Å². The zero-order valence-electron chi connectivity index (χ0n) is 18.7. The number of aryl methyl sites for hydroxylation is 3. The van der Waals surface area contributed by atoms with E-state index in [0.717, 1.165) is 21.6 Å². The molecule has 0 saturated heterocycles. The monoisotopic (exact) mass is 439 g/mol. The van der Waals surface area contributed by atoms with Gasteiger partial charge in [0.05, 0.1) is 5.69 Å². The molecule has 162 valence electrons. The molecule has 4 heterocycles. The molecule has 31 heavy (non-hydrogen) atoms. The van der Waals surface area contributed by atoms with Gasteiger partial charge in [0.15, 0.2) is 5.65 Å². The van der Waals surface area contributed by atoms with E-state index in [4.69, 9.17) is 4.98 Å². The Balaban J connectivity index is 1.85. The van der Waals surface area contributed by atoms with Crippen LogP contribution in [0.5, 0.6) is 0 Å². The highest BCUT2D eigenvalue weighted by molar-refractivity contribution is 7.98. The number of nitrogens with zero attached hydrogens (tertiary/aromatic N) is 7. The lowest BCUT2D eigenvalue weighted by atomic mass is 9.96. The summed E-state index contributed by atoms with van der Waals surface area (Å²) in [6.45, 7) is 9.96. The molecule has 10 heteroatoms. The van der Waals surface area contributed by atoms with Crippen LogP contribution in [0.15, 0.2) is 26.9 Å². The van der Waals surface area contributed by atoms with Gasteiger partial charge in [-0.1, -0.05) is 32.5 Å². The van der Waals surface area contributed by atoms with E-state index < -0.39 is 11.2 Å². The zero-order valence-corrected chi connectivity index (χ0v) is 19.5. The Morgan fingerprint density at radius 3 is 2.39 bits per heavy atom. The summed E-state index contributed by atoms with van der Waals surface area (Å²) in [6, 6.07) is 2.00. The van der Waals surface area contributed by atoms with Crippen molar-refractivity contribution in [1.29, 1.82) is 0 Å². The first-order valence-electron chi connectivity index (χ1n) is 9.90. The predicted molar refractivity (Wildman–Crippen MR) is 121 cm³/mol.